The Morgan fingerprint density at radius 3 is 3.07 bits per heavy atom. The van der Waals surface area contributed by atoms with Crippen LogP contribution in [0.3, 0.4) is 0 Å². The summed E-state index contributed by atoms with van der Waals surface area (Å²) in [6.45, 7) is 1.16. The minimum Gasteiger partial charge on any atom is -0.310 e. The molecule has 2 heterocycles. The molecule has 2 atom stereocenters. The minimum atomic E-state index is 0.566. The number of pyridine rings is 1. The van der Waals surface area contributed by atoms with E-state index in [4.69, 9.17) is 11.6 Å². The molecule has 0 spiro atoms. The van der Waals surface area contributed by atoms with Crippen LogP contribution in [0.25, 0.3) is 5.57 Å². The number of halogens is 1. The number of rotatable bonds is 1. The summed E-state index contributed by atoms with van der Waals surface area (Å²) >= 11 is 5.78. The van der Waals surface area contributed by atoms with Crippen LogP contribution in [0, 0.1) is 5.92 Å². The Morgan fingerprint density at radius 2 is 2.33 bits per heavy atom. The first-order valence-corrected chi connectivity index (χ1v) is 5.75. The summed E-state index contributed by atoms with van der Waals surface area (Å²) in [5.41, 5.74) is 2.64. The van der Waals surface area contributed by atoms with E-state index in [0.717, 1.165) is 12.5 Å². The smallest absolute Gasteiger partial charge is 0.129 e. The number of hydrogen-bond acceptors (Lipinski definition) is 2. The third-order valence-corrected chi connectivity index (χ3v) is 3.49. The normalized spacial score (nSPS) is 29.0. The number of fused-ring (bicyclic) bond motifs is 2. The highest BCUT2D eigenvalue weighted by Gasteiger charge is 2.28. The Labute approximate surface area is 94.4 Å². The molecule has 1 fully saturated rings. The van der Waals surface area contributed by atoms with Crippen LogP contribution in [0.5, 0.6) is 0 Å². The van der Waals surface area contributed by atoms with Gasteiger partial charge in [0.15, 0.2) is 0 Å². The van der Waals surface area contributed by atoms with E-state index < -0.39 is 0 Å². The molecular weight excluding hydrogens is 208 g/mol. The molecule has 0 aromatic carbocycles. The molecule has 2 nitrogen and oxygen atoms in total. The molecule has 0 saturated carbocycles. The molecule has 1 aliphatic carbocycles. The third-order valence-electron chi connectivity index (χ3n) is 3.27. The van der Waals surface area contributed by atoms with Crippen molar-refractivity contribution in [3.63, 3.8) is 0 Å². The summed E-state index contributed by atoms with van der Waals surface area (Å²) in [6.07, 6.45) is 6.69. The second kappa shape index (κ2) is 3.62. The zero-order chi connectivity index (χ0) is 10.3. The molecule has 78 valence electrons. The fraction of sp³-hybridized carbons (Fsp3) is 0.417. The van der Waals surface area contributed by atoms with Crippen LogP contribution in [0.4, 0.5) is 0 Å². The van der Waals surface area contributed by atoms with Crippen molar-refractivity contribution in [2.24, 2.45) is 5.92 Å². The maximum atomic E-state index is 5.78. The molecule has 1 aromatic heterocycles. The zero-order valence-corrected chi connectivity index (χ0v) is 9.17. The molecule has 15 heavy (non-hydrogen) atoms. The fourth-order valence-electron chi connectivity index (χ4n) is 2.53. The minimum absolute atomic E-state index is 0.566. The molecule has 1 saturated heterocycles. The molecule has 1 N–H and O–H groups in total. The van der Waals surface area contributed by atoms with Gasteiger partial charge in [-0.3, -0.25) is 0 Å². The maximum absolute atomic E-state index is 5.78. The van der Waals surface area contributed by atoms with Crippen molar-refractivity contribution in [1.82, 2.24) is 10.3 Å². The summed E-state index contributed by atoms with van der Waals surface area (Å²) in [7, 11) is 0. The highest BCUT2D eigenvalue weighted by molar-refractivity contribution is 6.29. The van der Waals surface area contributed by atoms with Gasteiger partial charge in [-0.15, -0.1) is 0 Å². The Bertz CT molecular complexity index is 397. The van der Waals surface area contributed by atoms with Gasteiger partial charge in [0.2, 0.25) is 0 Å². The van der Waals surface area contributed by atoms with Gasteiger partial charge in [0.05, 0.1) is 0 Å². The lowest BCUT2D eigenvalue weighted by Crippen LogP contribution is -2.18. The first-order chi connectivity index (χ1) is 7.31. The Balaban J connectivity index is 1.91. The van der Waals surface area contributed by atoms with E-state index in [1.807, 2.05) is 12.3 Å². The summed E-state index contributed by atoms with van der Waals surface area (Å²) in [5.74, 6) is 0.811. The highest BCUT2D eigenvalue weighted by atomic mass is 35.5. The zero-order valence-electron chi connectivity index (χ0n) is 8.41. The second-order valence-corrected chi connectivity index (χ2v) is 4.77. The van der Waals surface area contributed by atoms with Crippen LogP contribution in [-0.2, 0) is 0 Å². The van der Waals surface area contributed by atoms with E-state index in [1.54, 1.807) is 0 Å². The topological polar surface area (TPSA) is 24.9 Å². The summed E-state index contributed by atoms with van der Waals surface area (Å²) < 4.78 is 0. The van der Waals surface area contributed by atoms with E-state index in [2.05, 4.69) is 22.4 Å². The number of hydrogen-bond donors (Lipinski definition) is 1. The number of nitrogens with one attached hydrogen (secondary N) is 1. The van der Waals surface area contributed by atoms with Crippen LogP contribution in [0.2, 0.25) is 5.15 Å². The lowest BCUT2D eigenvalue weighted by molar-refractivity contribution is 0.579. The molecule has 3 heteroatoms. The molecule has 0 radical (unpaired) electrons. The SMILES string of the molecule is Clc1ccc(C2=CC3CC(CN3)C2)cn1. The predicted molar refractivity (Wildman–Crippen MR) is 61.7 cm³/mol. The molecule has 2 bridgehead atoms. The van der Waals surface area contributed by atoms with Gasteiger partial charge in [-0.2, -0.15) is 0 Å². The first kappa shape index (κ1) is 9.37. The summed E-state index contributed by atoms with van der Waals surface area (Å²) in [6, 6.07) is 4.50. The fourth-order valence-corrected chi connectivity index (χ4v) is 2.64. The van der Waals surface area contributed by atoms with Crippen molar-refractivity contribution in [1.29, 1.82) is 0 Å². The second-order valence-electron chi connectivity index (χ2n) is 4.38. The van der Waals surface area contributed by atoms with E-state index >= 15 is 0 Å². The highest BCUT2D eigenvalue weighted by Crippen LogP contribution is 2.34. The molecule has 1 aromatic rings. The first-order valence-electron chi connectivity index (χ1n) is 5.37. The van der Waals surface area contributed by atoms with Crippen LogP contribution in [0.1, 0.15) is 18.4 Å². The number of aromatic nitrogens is 1. The Morgan fingerprint density at radius 1 is 1.40 bits per heavy atom. The van der Waals surface area contributed by atoms with Gasteiger partial charge in [-0.05, 0) is 42.5 Å². The van der Waals surface area contributed by atoms with Crippen molar-refractivity contribution >= 4 is 17.2 Å². The van der Waals surface area contributed by atoms with Gasteiger partial charge in [0.25, 0.3) is 0 Å². The average Bonchev–Trinajstić information content (AvgIpc) is 2.59. The van der Waals surface area contributed by atoms with Crippen LogP contribution >= 0.6 is 11.6 Å². The largest absolute Gasteiger partial charge is 0.310 e. The lowest BCUT2D eigenvalue weighted by atomic mass is 9.87. The Hall–Kier alpha value is -0.860. The Kier molecular flexibility index (Phi) is 2.26. The monoisotopic (exact) mass is 220 g/mol. The molecule has 2 unspecified atom stereocenters. The molecule has 0 amide bonds. The lowest BCUT2D eigenvalue weighted by Gasteiger charge is -2.18. The van der Waals surface area contributed by atoms with Gasteiger partial charge >= 0.3 is 0 Å². The molecule has 3 rings (SSSR count). The summed E-state index contributed by atoms with van der Waals surface area (Å²) in [4.78, 5) is 4.13. The predicted octanol–water partition coefficient (Wildman–Crippen LogP) is 2.50. The average molecular weight is 221 g/mol. The van der Waals surface area contributed by atoms with Crippen LogP contribution in [-0.4, -0.2) is 17.6 Å². The van der Waals surface area contributed by atoms with Gasteiger partial charge in [0, 0.05) is 12.2 Å². The van der Waals surface area contributed by atoms with E-state index in [9.17, 15) is 0 Å². The van der Waals surface area contributed by atoms with Gasteiger partial charge in [0.1, 0.15) is 5.15 Å². The quantitative estimate of drug-likeness (QED) is 0.736. The van der Waals surface area contributed by atoms with Gasteiger partial charge in [-0.25, -0.2) is 4.98 Å². The van der Waals surface area contributed by atoms with E-state index in [-0.39, 0.29) is 0 Å². The molecule has 1 aliphatic heterocycles. The van der Waals surface area contributed by atoms with Crippen molar-refractivity contribution in [3.05, 3.63) is 35.1 Å². The van der Waals surface area contributed by atoms with E-state index in [0.29, 0.717) is 11.2 Å². The van der Waals surface area contributed by atoms with Crippen LogP contribution < -0.4 is 5.32 Å². The number of allylic oxidation sites excluding steroid dienone is 1. The molecular formula is C12H13ClN2. The van der Waals surface area contributed by atoms with E-state index in [1.165, 1.54) is 24.0 Å². The number of nitrogens with zero attached hydrogens (tertiary/aromatic N) is 1. The van der Waals surface area contributed by atoms with Crippen molar-refractivity contribution < 1.29 is 0 Å². The maximum Gasteiger partial charge on any atom is 0.129 e. The van der Waals surface area contributed by atoms with Crippen molar-refractivity contribution in [2.75, 3.05) is 6.54 Å². The third kappa shape index (κ3) is 1.80. The van der Waals surface area contributed by atoms with Gasteiger partial charge in [-0.1, -0.05) is 23.7 Å². The standard InChI is InChI=1S/C12H13ClN2/c13-12-2-1-9(7-15-12)10-3-8-4-11(5-10)14-6-8/h1-2,5,7-8,11,14H,3-4,6H2. The van der Waals surface area contributed by atoms with Gasteiger partial charge < -0.3 is 5.32 Å². The molecule has 2 aliphatic rings. The van der Waals surface area contributed by atoms with Crippen molar-refractivity contribution in [2.45, 2.75) is 18.9 Å². The van der Waals surface area contributed by atoms with Crippen LogP contribution in [0.15, 0.2) is 24.4 Å². The van der Waals surface area contributed by atoms with Crippen molar-refractivity contribution in [3.8, 4) is 0 Å². The summed E-state index contributed by atoms with van der Waals surface area (Å²) in [5, 5.41) is 4.07.